The van der Waals surface area contributed by atoms with Crippen molar-refractivity contribution in [2.75, 3.05) is 0 Å². The third-order valence-electron chi connectivity index (χ3n) is 3.90. The standard InChI is InChI=1S/C20H24O3S/c21-20(22)19(24)10-6-1-3-7-16-11-13-17(14-12-16)15-23-18-8-4-2-5-9-18/h2,4-5,8-9,11-14,19,24H,1,3,6-7,10,15H2,(H,21,22). The zero-order chi connectivity index (χ0) is 17.2. The van der Waals surface area contributed by atoms with E-state index in [4.69, 9.17) is 9.84 Å². The molecule has 0 saturated carbocycles. The first-order valence-corrected chi connectivity index (χ1v) is 8.83. The predicted molar refractivity (Wildman–Crippen MR) is 99.8 cm³/mol. The van der Waals surface area contributed by atoms with Gasteiger partial charge in [0.2, 0.25) is 0 Å². The van der Waals surface area contributed by atoms with Crippen molar-refractivity contribution in [3.8, 4) is 5.75 Å². The van der Waals surface area contributed by atoms with Crippen LogP contribution in [0.3, 0.4) is 0 Å². The molecule has 1 N–H and O–H groups in total. The average Bonchev–Trinajstić information content (AvgIpc) is 2.61. The van der Waals surface area contributed by atoms with E-state index in [2.05, 4.69) is 36.9 Å². The number of carbonyl (C=O) groups is 1. The largest absolute Gasteiger partial charge is 0.489 e. The summed E-state index contributed by atoms with van der Waals surface area (Å²) in [4.78, 5) is 10.7. The van der Waals surface area contributed by atoms with Gasteiger partial charge in [0.1, 0.15) is 12.4 Å². The second-order valence-corrected chi connectivity index (χ2v) is 6.49. The lowest BCUT2D eigenvalue weighted by atomic mass is 10.0. The van der Waals surface area contributed by atoms with E-state index < -0.39 is 11.2 Å². The highest BCUT2D eigenvalue weighted by Gasteiger charge is 2.10. The minimum absolute atomic E-state index is 0.533. The first-order valence-electron chi connectivity index (χ1n) is 8.31. The van der Waals surface area contributed by atoms with E-state index in [1.165, 1.54) is 5.56 Å². The lowest BCUT2D eigenvalue weighted by Crippen LogP contribution is -2.12. The second-order valence-electron chi connectivity index (χ2n) is 5.87. The molecule has 0 saturated heterocycles. The minimum Gasteiger partial charge on any atom is -0.489 e. The normalized spacial score (nSPS) is 11.9. The predicted octanol–water partition coefficient (Wildman–Crippen LogP) is 4.75. The zero-order valence-corrected chi connectivity index (χ0v) is 14.6. The number of unbranched alkanes of at least 4 members (excludes halogenated alkanes) is 2. The van der Waals surface area contributed by atoms with E-state index in [-0.39, 0.29) is 0 Å². The van der Waals surface area contributed by atoms with E-state index in [1.807, 2.05) is 30.3 Å². The van der Waals surface area contributed by atoms with Crippen LogP contribution in [0.5, 0.6) is 5.75 Å². The highest BCUT2D eigenvalue weighted by molar-refractivity contribution is 7.81. The quantitative estimate of drug-likeness (QED) is 0.483. The zero-order valence-electron chi connectivity index (χ0n) is 13.7. The molecule has 24 heavy (non-hydrogen) atoms. The number of ether oxygens (including phenoxy) is 1. The summed E-state index contributed by atoms with van der Waals surface area (Å²) in [5.41, 5.74) is 2.46. The van der Waals surface area contributed by atoms with E-state index in [0.29, 0.717) is 13.0 Å². The number of hydrogen-bond acceptors (Lipinski definition) is 3. The summed E-state index contributed by atoms with van der Waals surface area (Å²) < 4.78 is 5.73. The lowest BCUT2D eigenvalue weighted by molar-refractivity contribution is -0.136. The second kappa shape index (κ2) is 10.0. The molecule has 0 radical (unpaired) electrons. The van der Waals surface area contributed by atoms with E-state index in [9.17, 15) is 4.79 Å². The highest BCUT2D eigenvalue weighted by Crippen LogP contribution is 2.14. The summed E-state index contributed by atoms with van der Waals surface area (Å²) in [6.07, 6.45) is 4.66. The first-order chi connectivity index (χ1) is 11.6. The topological polar surface area (TPSA) is 46.5 Å². The van der Waals surface area contributed by atoms with Gasteiger partial charge < -0.3 is 9.84 Å². The average molecular weight is 344 g/mol. The molecule has 0 spiro atoms. The fraction of sp³-hybridized carbons (Fsp3) is 0.350. The van der Waals surface area contributed by atoms with Crippen LogP contribution in [0.15, 0.2) is 54.6 Å². The van der Waals surface area contributed by atoms with Crippen molar-refractivity contribution in [1.29, 1.82) is 0 Å². The van der Waals surface area contributed by atoms with Gasteiger partial charge in [0.05, 0.1) is 5.25 Å². The molecule has 0 bridgehead atoms. The molecule has 0 aliphatic carbocycles. The van der Waals surface area contributed by atoms with Crippen LogP contribution >= 0.6 is 12.6 Å². The maximum atomic E-state index is 10.7. The van der Waals surface area contributed by atoms with Gasteiger partial charge in [0, 0.05) is 0 Å². The molecule has 3 nitrogen and oxygen atoms in total. The fourth-order valence-electron chi connectivity index (χ4n) is 2.45. The number of aryl methyl sites for hydroxylation is 1. The molecule has 2 aromatic carbocycles. The molecule has 0 aliphatic heterocycles. The first kappa shape index (κ1) is 18.4. The Morgan fingerprint density at radius 1 is 0.958 bits per heavy atom. The van der Waals surface area contributed by atoms with Gasteiger partial charge in [0.15, 0.2) is 0 Å². The number of hydrogen-bond donors (Lipinski definition) is 2. The van der Waals surface area contributed by atoms with E-state index in [1.54, 1.807) is 0 Å². The van der Waals surface area contributed by atoms with Crippen LogP contribution in [-0.4, -0.2) is 16.3 Å². The smallest absolute Gasteiger partial charge is 0.316 e. The Kier molecular flexibility index (Phi) is 7.69. The van der Waals surface area contributed by atoms with Crippen molar-refractivity contribution >= 4 is 18.6 Å². The summed E-state index contributed by atoms with van der Waals surface area (Å²) >= 11 is 4.04. The van der Waals surface area contributed by atoms with Crippen LogP contribution in [0.4, 0.5) is 0 Å². The SMILES string of the molecule is O=C(O)C(S)CCCCCc1ccc(COc2ccccc2)cc1. The number of rotatable bonds is 10. The molecule has 2 rings (SSSR count). The van der Waals surface area contributed by atoms with Crippen molar-refractivity contribution in [3.05, 3.63) is 65.7 Å². The van der Waals surface area contributed by atoms with Gasteiger partial charge in [0.25, 0.3) is 0 Å². The highest BCUT2D eigenvalue weighted by atomic mass is 32.1. The summed E-state index contributed by atoms with van der Waals surface area (Å²) in [5, 5.41) is 8.24. The molecular weight excluding hydrogens is 320 g/mol. The molecular formula is C20H24O3S. The van der Waals surface area contributed by atoms with Crippen molar-refractivity contribution in [3.63, 3.8) is 0 Å². The third-order valence-corrected chi connectivity index (χ3v) is 4.38. The Labute approximate surface area is 149 Å². The summed E-state index contributed by atoms with van der Waals surface area (Å²) in [6, 6.07) is 18.3. The molecule has 0 heterocycles. The molecule has 1 unspecified atom stereocenters. The third kappa shape index (κ3) is 6.67. The Balaban J connectivity index is 1.66. The number of carboxylic acid groups (broad SMARTS) is 1. The fourth-order valence-corrected chi connectivity index (χ4v) is 2.64. The van der Waals surface area contributed by atoms with Crippen LogP contribution in [0.1, 0.15) is 36.8 Å². The van der Waals surface area contributed by atoms with E-state index >= 15 is 0 Å². The molecule has 128 valence electrons. The molecule has 4 heteroatoms. The van der Waals surface area contributed by atoms with Crippen LogP contribution in [0.25, 0.3) is 0 Å². The van der Waals surface area contributed by atoms with Gasteiger partial charge in [-0.05, 0) is 42.5 Å². The van der Waals surface area contributed by atoms with Gasteiger partial charge >= 0.3 is 5.97 Å². The van der Waals surface area contributed by atoms with Crippen LogP contribution < -0.4 is 4.74 Å². The summed E-state index contributed by atoms with van der Waals surface area (Å²) in [7, 11) is 0. The van der Waals surface area contributed by atoms with Crippen molar-refractivity contribution < 1.29 is 14.6 Å². The Morgan fingerprint density at radius 3 is 2.29 bits per heavy atom. The van der Waals surface area contributed by atoms with Crippen LogP contribution in [0.2, 0.25) is 0 Å². The van der Waals surface area contributed by atoms with E-state index in [0.717, 1.165) is 37.0 Å². The summed E-state index contributed by atoms with van der Waals surface area (Å²) in [6.45, 7) is 0.572. The Morgan fingerprint density at radius 2 is 1.62 bits per heavy atom. The monoisotopic (exact) mass is 344 g/mol. The van der Waals surface area contributed by atoms with Crippen molar-refractivity contribution in [1.82, 2.24) is 0 Å². The number of benzene rings is 2. The number of aliphatic carboxylic acids is 1. The number of thiol groups is 1. The van der Waals surface area contributed by atoms with Crippen LogP contribution in [-0.2, 0) is 17.8 Å². The Hall–Kier alpha value is -1.94. The van der Waals surface area contributed by atoms with Gasteiger partial charge in [-0.2, -0.15) is 12.6 Å². The van der Waals surface area contributed by atoms with Gasteiger partial charge in [-0.15, -0.1) is 0 Å². The van der Waals surface area contributed by atoms with Crippen LogP contribution in [0, 0.1) is 0 Å². The van der Waals surface area contributed by atoms with Gasteiger partial charge in [-0.25, -0.2) is 0 Å². The molecule has 0 fully saturated rings. The molecule has 0 aliphatic rings. The minimum atomic E-state index is -0.827. The van der Waals surface area contributed by atoms with Gasteiger partial charge in [-0.1, -0.05) is 55.3 Å². The lowest BCUT2D eigenvalue weighted by Gasteiger charge is -2.08. The van der Waals surface area contributed by atoms with Crippen molar-refractivity contribution in [2.45, 2.75) is 44.0 Å². The number of carboxylic acids is 1. The molecule has 0 amide bonds. The molecule has 2 aromatic rings. The maximum absolute atomic E-state index is 10.7. The molecule has 0 aromatic heterocycles. The summed E-state index contributed by atoms with van der Waals surface area (Å²) in [5.74, 6) is 0.0528. The molecule has 1 atom stereocenters. The van der Waals surface area contributed by atoms with Crippen molar-refractivity contribution in [2.24, 2.45) is 0 Å². The maximum Gasteiger partial charge on any atom is 0.316 e. The number of para-hydroxylation sites is 1. The Bertz CT molecular complexity index is 611. The van der Waals surface area contributed by atoms with Gasteiger partial charge in [-0.3, -0.25) is 4.79 Å².